The molecule has 0 radical (unpaired) electrons. The van der Waals surface area contributed by atoms with Gasteiger partial charge in [0.2, 0.25) is 5.91 Å². The maximum atomic E-state index is 12.3. The maximum Gasteiger partial charge on any atom is 0.258 e. The Balaban J connectivity index is 1.38. The largest absolute Gasteiger partial charge is 0.302 e. The molecule has 0 fully saturated rings. The Morgan fingerprint density at radius 2 is 1.96 bits per heavy atom. The van der Waals surface area contributed by atoms with E-state index < -0.39 is 0 Å². The molecule has 0 aliphatic carbocycles. The van der Waals surface area contributed by atoms with Crippen LogP contribution in [0.4, 0.5) is 10.3 Å². The van der Waals surface area contributed by atoms with Crippen molar-refractivity contribution in [3.05, 3.63) is 56.7 Å². The number of rotatable bonds is 5. The molecule has 6 nitrogen and oxygen atoms in total. The fourth-order valence-corrected chi connectivity index (χ4v) is 4.79. The molecular formula is C17H11ClN4O2S3. The number of halogens is 1. The summed E-state index contributed by atoms with van der Waals surface area (Å²) < 4.78 is 0.907. The van der Waals surface area contributed by atoms with Crippen molar-refractivity contribution in [3.8, 4) is 0 Å². The summed E-state index contributed by atoms with van der Waals surface area (Å²) in [4.78, 5) is 32.9. The van der Waals surface area contributed by atoms with E-state index in [0.29, 0.717) is 26.5 Å². The molecule has 4 rings (SSSR count). The van der Waals surface area contributed by atoms with Crippen LogP contribution in [0.3, 0.4) is 0 Å². The van der Waals surface area contributed by atoms with Crippen molar-refractivity contribution in [3.63, 3.8) is 0 Å². The SMILES string of the molecule is O=C(Cc1csc(NC(=O)c2ccsc2)n1)Nc1nc2ccc(Cl)cc2s1. The molecule has 3 heterocycles. The van der Waals surface area contributed by atoms with E-state index in [-0.39, 0.29) is 18.2 Å². The normalized spacial score (nSPS) is 10.9. The predicted molar refractivity (Wildman–Crippen MR) is 111 cm³/mol. The zero-order chi connectivity index (χ0) is 18.8. The molecule has 27 heavy (non-hydrogen) atoms. The molecule has 0 spiro atoms. The second kappa shape index (κ2) is 7.73. The molecule has 0 atom stereocenters. The average Bonchev–Trinajstić information content (AvgIpc) is 3.35. The highest BCUT2D eigenvalue weighted by atomic mass is 35.5. The Bertz CT molecular complexity index is 1120. The predicted octanol–water partition coefficient (Wildman–Crippen LogP) is 4.90. The van der Waals surface area contributed by atoms with E-state index in [1.165, 1.54) is 34.0 Å². The van der Waals surface area contributed by atoms with Crippen molar-refractivity contribution < 1.29 is 9.59 Å². The van der Waals surface area contributed by atoms with Crippen LogP contribution in [-0.4, -0.2) is 21.8 Å². The van der Waals surface area contributed by atoms with Crippen LogP contribution in [0.2, 0.25) is 5.02 Å². The Hall–Kier alpha value is -2.33. The summed E-state index contributed by atoms with van der Waals surface area (Å²) in [6, 6.07) is 7.13. The minimum Gasteiger partial charge on any atom is -0.302 e. The summed E-state index contributed by atoms with van der Waals surface area (Å²) >= 11 is 10.1. The molecule has 3 aromatic heterocycles. The van der Waals surface area contributed by atoms with Crippen LogP contribution in [0, 0.1) is 0 Å². The number of nitrogens with one attached hydrogen (secondary N) is 2. The summed E-state index contributed by atoms with van der Waals surface area (Å²) in [6.45, 7) is 0. The fourth-order valence-electron chi connectivity index (χ4n) is 2.29. The Kier molecular flexibility index (Phi) is 5.17. The molecule has 10 heteroatoms. The van der Waals surface area contributed by atoms with E-state index in [2.05, 4.69) is 20.6 Å². The third-order valence-corrected chi connectivity index (χ3v) is 6.15. The summed E-state index contributed by atoms with van der Waals surface area (Å²) in [7, 11) is 0. The number of benzene rings is 1. The first kappa shape index (κ1) is 18.1. The van der Waals surface area contributed by atoms with Crippen LogP contribution < -0.4 is 10.6 Å². The molecule has 2 amide bonds. The number of aromatic nitrogens is 2. The topological polar surface area (TPSA) is 84.0 Å². The number of hydrogen-bond acceptors (Lipinski definition) is 7. The number of thiazole rings is 2. The second-order valence-corrected chi connectivity index (χ2v) is 8.57. The van der Waals surface area contributed by atoms with Gasteiger partial charge >= 0.3 is 0 Å². The molecule has 4 aromatic rings. The monoisotopic (exact) mass is 434 g/mol. The van der Waals surface area contributed by atoms with Crippen molar-refractivity contribution in [2.45, 2.75) is 6.42 Å². The van der Waals surface area contributed by atoms with Gasteiger partial charge in [-0.2, -0.15) is 11.3 Å². The van der Waals surface area contributed by atoms with Gasteiger partial charge in [-0.25, -0.2) is 9.97 Å². The number of carbonyl (C=O) groups is 2. The van der Waals surface area contributed by atoms with E-state index in [1.54, 1.807) is 22.9 Å². The molecule has 0 bridgehead atoms. The minimum atomic E-state index is -0.221. The van der Waals surface area contributed by atoms with Crippen molar-refractivity contribution in [2.75, 3.05) is 10.6 Å². The molecule has 0 unspecified atom stereocenters. The van der Waals surface area contributed by atoms with Crippen LogP contribution >= 0.6 is 45.6 Å². The summed E-state index contributed by atoms with van der Waals surface area (Å²) in [5.74, 6) is -0.434. The lowest BCUT2D eigenvalue weighted by molar-refractivity contribution is -0.115. The first-order valence-electron chi connectivity index (χ1n) is 7.71. The van der Waals surface area contributed by atoms with Gasteiger partial charge in [0.25, 0.3) is 5.91 Å². The lowest BCUT2D eigenvalue weighted by atomic mass is 10.3. The zero-order valence-corrected chi connectivity index (χ0v) is 16.8. The van der Waals surface area contributed by atoms with Gasteiger partial charge in [-0.05, 0) is 29.6 Å². The van der Waals surface area contributed by atoms with Gasteiger partial charge in [0.1, 0.15) is 0 Å². The average molecular weight is 435 g/mol. The molecule has 0 saturated carbocycles. The first-order chi connectivity index (χ1) is 13.1. The Labute approximate surface area is 170 Å². The highest BCUT2D eigenvalue weighted by molar-refractivity contribution is 7.22. The van der Waals surface area contributed by atoms with Crippen molar-refractivity contribution in [1.82, 2.24) is 9.97 Å². The summed E-state index contributed by atoms with van der Waals surface area (Å²) in [5, 5.41) is 12.5. The minimum absolute atomic E-state index is 0.0987. The van der Waals surface area contributed by atoms with Crippen LogP contribution in [0.15, 0.2) is 40.4 Å². The van der Waals surface area contributed by atoms with Crippen LogP contribution in [0.5, 0.6) is 0 Å². The van der Waals surface area contributed by atoms with Crippen LogP contribution in [-0.2, 0) is 11.2 Å². The van der Waals surface area contributed by atoms with Gasteiger partial charge in [-0.3, -0.25) is 14.9 Å². The molecular weight excluding hydrogens is 424 g/mol. The Morgan fingerprint density at radius 3 is 2.78 bits per heavy atom. The van der Waals surface area contributed by atoms with Gasteiger partial charge in [0, 0.05) is 15.8 Å². The number of anilines is 2. The standard InChI is InChI=1S/C17H11ClN4O2S3/c18-10-1-2-12-13(5-10)27-17(20-12)21-14(23)6-11-8-26-16(19-11)22-15(24)9-3-4-25-7-9/h1-5,7-8H,6H2,(H,19,22,24)(H,20,21,23). The van der Waals surface area contributed by atoms with Crippen molar-refractivity contribution in [2.24, 2.45) is 0 Å². The number of thiophene rings is 1. The third kappa shape index (κ3) is 4.33. The van der Waals surface area contributed by atoms with Crippen LogP contribution in [0.1, 0.15) is 16.1 Å². The van der Waals surface area contributed by atoms with E-state index in [4.69, 9.17) is 11.6 Å². The van der Waals surface area contributed by atoms with E-state index >= 15 is 0 Å². The summed E-state index contributed by atoms with van der Waals surface area (Å²) in [5.41, 5.74) is 1.96. The number of nitrogens with zero attached hydrogens (tertiary/aromatic N) is 2. The molecule has 1 aromatic carbocycles. The van der Waals surface area contributed by atoms with Gasteiger partial charge in [-0.15, -0.1) is 11.3 Å². The lowest BCUT2D eigenvalue weighted by Gasteiger charge is -1.99. The van der Waals surface area contributed by atoms with Gasteiger partial charge in [-0.1, -0.05) is 22.9 Å². The molecule has 2 N–H and O–H groups in total. The lowest BCUT2D eigenvalue weighted by Crippen LogP contribution is -2.15. The number of carbonyl (C=O) groups excluding carboxylic acids is 2. The van der Waals surface area contributed by atoms with Crippen molar-refractivity contribution >= 4 is 77.9 Å². The third-order valence-electron chi connectivity index (χ3n) is 3.49. The Morgan fingerprint density at radius 1 is 1.07 bits per heavy atom. The van der Waals surface area contributed by atoms with Crippen LogP contribution in [0.25, 0.3) is 10.2 Å². The van der Waals surface area contributed by atoms with Gasteiger partial charge in [0.05, 0.1) is 27.9 Å². The zero-order valence-electron chi connectivity index (χ0n) is 13.6. The smallest absolute Gasteiger partial charge is 0.258 e. The molecule has 0 saturated heterocycles. The van der Waals surface area contributed by atoms with Crippen molar-refractivity contribution in [1.29, 1.82) is 0 Å². The van der Waals surface area contributed by atoms with Gasteiger partial charge in [0.15, 0.2) is 10.3 Å². The summed E-state index contributed by atoms with van der Waals surface area (Å²) in [6.07, 6.45) is 0.0987. The molecule has 0 aliphatic rings. The number of fused-ring (bicyclic) bond motifs is 1. The molecule has 136 valence electrons. The highest BCUT2D eigenvalue weighted by Crippen LogP contribution is 2.28. The first-order valence-corrected chi connectivity index (χ1v) is 10.7. The fraction of sp³-hybridized carbons (Fsp3) is 0.0588. The maximum absolute atomic E-state index is 12.3. The number of hydrogen-bond donors (Lipinski definition) is 2. The van der Waals surface area contributed by atoms with E-state index in [9.17, 15) is 9.59 Å². The quantitative estimate of drug-likeness (QED) is 0.467. The van der Waals surface area contributed by atoms with E-state index in [1.807, 2.05) is 17.5 Å². The molecule has 0 aliphatic heterocycles. The van der Waals surface area contributed by atoms with Gasteiger partial charge < -0.3 is 5.32 Å². The van der Waals surface area contributed by atoms with E-state index in [0.717, 1.165) is 10.2 Å². The second-order valence-electron chi connectivity index (χ2n) is 5.47. The number of amides is 2. The highest BCUT2D eigenvalue weighted by Gasteiger charge is 2.13.